The number of hydrogen-bond acceptors (Lipinski definition) is 3. The molecule has 7 heteroatoms. The number of H-pyrrole nitrogens is 1. The largest absolute Gasteiger partial charge is 0.354 e. The van der Waals surface area contributed by atoms with Crippen molar-refractivity contribution in [2.75, 3.05) is 13.1 Å². The molecule has 0 radical (unpaired) electrons. The van der Waals surface area contributed by atoms with Gasteiger partial charge in [-0.05, 0) is 19.4 Å². The number of imidazole rings is 1. The van der Waals surface area contributed by atoms with Crippen LogP contribution in [0, 0.1) is 0 Å². The molecule has 0 aliphatic carbocycles. The standard InChI is InChI=1S/C11H18N4O.2ClH/c16-11(9-3-1-2-5-12-9)15-6-4-10-13-7-8-14-10;;/h7-9,12H,1-6H2,(H,13,14)(H,15,16);2*1H. The Bertz CT molecular complexity index is 326. The molecule has 0 saturated carbocycles. The van der Waals surface area contributed by atoms with Crippen LogP contribution in [0.15, 0.2) is 12.4 Å². The van der Waals surface area contributed by atoms with E-state index in [9.17, 15) is 4.79 Å². The minimum Gasteiger partial charge on any atom is -0.354 e. The fourth-order valence-corrected chi connectivity index (χ4v) is 1.94. The third-order valence-electron chi connectivity index (χ3n) is 2.84. The van der Waals surface area contributed by atoms with Crippen LogP contribution >= 0.6 is 24.8 Å². The highest BCUT2D eigenvalue weighted by Gasteiger charge is 2.19. The van der Waals surface area contributed by atoms with Crippen LogP contribution in [-0.2, 0) is 11.2 Å². The van der Waals surface area contributed by atoms with Crippen molar-refractivity contribution in [3.8, 4) is 0 Å². The van der Waals surface area contributed by atoms with Gasteiger partial charge in [-0.15, -0.1) is 24.8 Å². The Hall–Kier alpha value is -0.780. The van der Waals surface area contributed by atoms with Crippen molar-refractivity contribution in [2.45, 2.75) is 31.7 Å². The first-order chi connectivity index (χ1) is 7.86. The second-order valence-corrected chi connectivity index (χ2v) is 4.08. The van der Waals surface area contributed by atoms with Gasteiger partial charge in [0.05, 0.1) is 6.04 Å². The van der Waals surface area contributed by atoms with Gasteiger partial charge in [-0.25, -0.2) is 4.98 Å². The van der Waals surface area contributed by atoms with Gasteiger partial charge in [0.25, 0.3) is 0 Å². The summed E-state index contributed by atoms with van der Waals surface area (Å²) in [6.07, 6.45) is 7.54. The number of rotatable bonds is 4. The SMILES string of the molecule is Cl.Cl.O=C(NCCc1ncc[nH]1)C1CCCCN1. The molecule has 1 saturated heterocycles. The minimum absolute atomic E-state index is 0. The van der Waals surface area contributed by atoms with Crippen LogP contribution in [0.2, 0.25) is 0 Å². The molecule has 3 N–H and O–H groups in total. The average molecular weight is 295 g/mol. The zero-order valence-electron chi connectivity index (χ0n) is 10.1. The van der Waals surface area contributed by atoms with E-state index in [0.29, 0.717) is 6.54 Å². The van der Waals surface area contributed by atoms with Gasteiger partial charge in [0.2, 0.25) is 5.91 Å². The van der Waals surface area contributed by atoms with E-state index in [0.717, 1.165) is 31.6 Å². The van der Waals surface area contributed by atoms with Gasteiger partial charge in [0.15, 0.2) is 0 Å². The van der Waals surface area contributed by atoms with Crippen LogP contribution in [0.25, 0.3) is 0 Å². The summed E-state index contributed by atoms with van der Waals surface area (Å²) in [6.45, 7) is 1.60. The Morgan fingerprint density at radius 3 is 2.89 bits per heavy atom. The van der Waals surface area contributed by atoms with Crippen molar-refractivity contribution in [3.05, 3.63) is 18.2 Å². The number of nitrogens with zero attached hydrogens (tertiary/aromatic N) is 1. The van der Waals surface area contributed by atoms with E-state index >= 15 is 0 Å². The van der Waals surface area contributed by atoms with Crippen molar-refractivity contribution in [1.82, 2.24) is 20.6 Å². The molecule has 1 aliphatic heterocycles. The number of nitrogens with one attached hydrogen (secondary N) is 3. The van der Waals surface area contributed by atoms with E-state index < -0.39 is 0 Å². The van der Waals surface area contributed by atoms with Gasteiger partial charge in [0, 0.05) is 25.4 Å². The van der Waals surface area contributed by atoms with Crippen molar-refractivity contribution in [1.29, 1.82) is 0 Å². The zero-order chi connectivity index (χ0) is 11.2. The Balaban J connectivity index is 0.00000144. The van der Waals surface area contributed by atoms with E-state index in [2.05, 4.69) is 20.6 Å². The topological polar surface area (TPSA) is 69.8 Å². The Kier molecular flexibility index (Phi) is 8.79. The highest BCUT2D eigenvalue weighted by molar-refractivity contribution is 5.85. The molecule has 1 amide bonds. The van der Waals surface area contributed by atoms with Gasteiger partial charge in [0.1, 0.15) is 5.82 Å². The molecule has 1 atom stereocenters. The van der Waals surface area contributed by atoms with Crippen LogP contribution in [0.1, 0.15) is 25.1 Å². The third kappa shape index (κ3) is 5.25. The Labute approximate surface area is 119 Å². The molecule has 1 aromatic rings. The predicted molar refractivity (Wildman–Crippen MR) is 75.4 cm³/mol. The minimum atomic E-state index is 0. The first-order valence-corrected chi connectivity index (χ1v) is 5.85. The normalized spacial score (nSPS) is 18.3. The van der Waals surface area contributed by atoms with Crippen LogP contribution in [0.3, 0.4) is 0 Å². The number of carbonyl (C=O) groups excluding carboxylic acids is 1. The maximum Gasteiger partial charge on any atom is 0.237 e. The highest BCUT2D eigenvalue weighted by atomic mass is 35.5. The molecule has 2 rings (SSSR count). The lowest BCUT2D eigenvalue weighted by atomic mass is 10.0. The summed E-state index contributed by atoms with van der Waals surface area (Å²) in [5, 5.41) is 6.16. The molecule has 0 bridgehead atoms. The Morgan fingerprint density at radius 1 is 1.44 bits per heavy atom. The third-order valence-corrected chi connectivity index (χ3v) is 2.84. The molecule has 0 spiro atoms. The molecule has 18 heavy (non-hydrogen) atoms. The first kappa shape index (κ1) is 17.2. The Morgan fingerprint density at radius 2 is 2.28 bits per heavy atom. The number of piperidine rings is 1. The van der Waals surface area contributed by atoms with E-state index in [1.165, 1.54) is 6.42 Å². The summed E-state index contributed by atoms with van der Waals surface area (Å²) in [6, 6.07) is 0.00495. The van der Waals surface area contributed by atoms with Gasteiger partial charge < -0.3 is 15.6 Å². The number of carbonyl (C=O) groups is 1. The monoisotopic (exact) mass is 294 g/mol. The van der Waals surface area contributed by atoms with Crippen LogP contribution in [0.5, 0.6) is 0 Å². The lowest BCUT2D eigenvalue weighted by molar-refractivity contribution is -0.123. The summed E-state index contributed by atoms with van der Waals surface area (Å²) < 4.78 is 0. The maximum absolute atomic E-state index is 11.7. The summed E-state index contributed by atoms with van der Waals surface area (Å²) in [5.41, 5.74) is 0. The molecule has 5 nitrogen and oxygen atoms in total. The van der Waals surface area contributed by atoms with E-state index in [1.54, 1.807) is 12.4 Å². The summed E-state index contributed by atoms with van der Waals surface area (Å²) in [7, 11) is 0. The second-order valence-electron chi connectivity index (χ2n) is 4.08. The van der Waals surface area contributed by atoms with Crippen molar-refractivity contribution >= 4 is 30.7 Å². The van der Waals surface area contributed by atoms with Gasteiger partial charge >= 0.3 is 0 Å². The zero-order valence-corrected chi connectivity index (χ0v) is 11.8. The predicted octanol–water partition coefficient (Wildman–Crippen LogP) is 1.05. The van der Waals surface area contributed by atoms with Crippen LogP contribution in [0.4, 0.5) is 0 Å². The summed E-state index contributed by atoms with van der Waals surface area (Å²) >= 11 is 0. The fourth-order valence-electron chi connectivity index (χ4n) is 1.94. The molecule has 0 aromatic carbocycles. The molecule has 104 valence electrons. The van der Waals surface area contributed by atoms with Gasteiger partial charge in [-0.3, -0.25) is 4.79 Å². The quantitative estimate of drug-likeness (QED) is 0.778. The number of aromatic amines is 1. The molecular formula is C11H20Cl2N4O. The number of halogens is 2. The second kappa shape index (κ2) is 9.19. The molecule has 1 unspecified atom stereocenters. The maximum atomic E-state index is 11.7. The highest BCUT2D eigenvalue weighted by Crippen LogP contribution is 2.06. The first-order valence-electron chi connectivity index (χ1n) is 5.85. The van der Waals surface area contributed by atoms with E-state index in [4.69, 9.17) is 0 Å². The van der Waals surface area contributed by atoms with Crippen molar-refractivity contribution in [2.24, 2.45) is 0 Å². The molecule has 1 aromatic heterocycles. The van der Waals surface area contributed by atoms with Crippen molar-refractivity contribution in [3.63, 3.8) is 0 Å². The number of aromatic nitrogens is 2. The van der Waals surface area contributed by atoms with Crippen LogP contribution in [-0.4, -0.2) is 35.0 Å². The van der Waals surface area contributed by atoms with Crippen molar-refractivity contribution < 1.29 is 4.79 Å². The molecular weight excluding hydrogens is 275 g/mol. The lowest BCUT2D eigenvalue weighted by Crippen LogP contribution is -2.47. The summed E-state index contributed by atoms with van der Waals surface area (Å²) in [4.78, 5) is 18.8. The van der Waals surface area contributed by atoms with Crippen LogP contribution < -0.4 is 10.6 Å². The fraction of sp³-hybridized carbons (Fsp3) is 0.636. The van der Waals surface area contributed by atoms with Gasteiger partial charge in [-0.2, -0.15) is 0 Å². The average Bonchev–Trinajstić information content (AvgIpc) is 2.83. The molecule has 2 heterocycles. The lowest BCUT2D eigenvalue weighted by Gasteiger charge is -2.22. The smallest absolute Gasteiger partial charge is 0.237 e. The van der Waals surface area contributed by atoms with E-state index in [-0.39, 0.29) is 36.8 Å². The van der Waals surface area contributed by atoms with Gasteiger partial charge in [-0.1, -0.05) is 6.42 Å². The van der Waals surface area contributed by atoms with E-state index in [1.807, 2.05) is 0 Å². The molecule has 1 aliphatic rings. The number of hydrogen-bond donors (Lipinski definition) is 3. The number of amides is 1. The summed E-state index contributed by atoms with van der Waals surface area (Å²) in [5.74, 6) is 1.03. The molecule has 1 fully saturated rings.